The molecule has 2 nitrogen and oxygen atoms in total. The van der Waals surface area contributed by atoms with Crippen molar-refractivity contribution < 1.29 is 4.39 Å². The molecule has 16 heavy (non-hydrogen) atoms. The van der Waals surface area contributed by atoms with Crippen LogP contribution in [0.3, 0.4) is 0 Å². The normalized spacial score (nSPS) is 10.7. The first kappa shape index (κ1) is 11.2. The van der Waals surface area contributed by atoms with E-state index in [1.165, 1.54) is 12.1 Å². The van der Waals surface area contributed by atoms with Gasteiger partial charge in [-0.2, -0.15) is 0 Å². The molecule has 2 aromatic rings. The Morgan fingerprint density at radius 2 is 2.00 bits per heavy atom. The maximum Gasteiger partial charge on any atom is 0.123 e. The number of hydrogen-bond donors (Lipinski definition) is 1. The third kappa shape index (κ3) is 2.28. The Morgan fingerprint density at radius 1 is 1.31 bits per heavy atom. The van der Waals surface area contributed by atoms with Crippen LogP contribution in [0, 0.1) is 12.7 Å². The zero-order valence-electron chi connectivity index (χ0n) is 9.03. The highest BCUT2D eigenvalue weighted by Crippen LogP contribution is 2.30. The maximum atomic E-state index is 12.8. The van der Waals surface area contributed by atoms with Crippen molar-refractivity contribution in [1.29, 1.82) is 0 Å². The summed E-state index contributed by atoms with van der Waals surface area (Å²) in [5, 5.41) is 1.02. The van der Waals surface area contributed by atoms with Crippen molar-refractivity contribution in [3.05, 3.63) is 40.8 Å². The van der Waals surface area contributed by atoms with Crippen molar-refractivity contribution in [3.63, 3.8) is 0 Å². The number of nitrogens with two attached hydrogens (primary N) is 1. The number of halogens is 1. The average Bonchev–Trinajstić information content (AvgIpc) is 2.61. The standard InChI is InChI=1S/C12H13FN2S/c1-8-15-11(6-7-14)12(16-8)9-2-4-10(13)5-3-9/h2-5H,6-7,14H2,1H3. The minimum atomic E-state index is -0.217. The van der Waals surface area contributed by atoms with Crippen molar-refractivity contribution in [3.8, 4) is 10.4 Å². The SMILES string of the molecule is Cc1nc(CCN)c(-c2ccc(F)cc2)s1. The highest BCUT2D eigenvalue weighted by molar-refractivity contribution is 7.15. The Balaban J connectivity index is 2.42. The van der Waals surface area contributed by atoms with Crippen LogP contribution in [0.4, 0.5) is 4.39 Å². The molecule has 0 radical (unpaired) electrons. The van der Waals surface area contributed by atoms with Crippen molar-refractivity contribution in [2.75, 3.05) is 6.54 Å². The molecule has 1 aromatic carbocycles. The lowest BCUT2D eigenvalue weighted by Crippen LogP contribution is -2.03. The van der Waals surface area contributed by atoms with Gasteiger partial charge >= 0.3 is 0 Å². The second-order valence-electron chi connectivity index (χ2n) is 3.55. The van der Waals surface area contributed by atoms with Crippen LogP contribution in [0.5, 0.6) is 0 Å². The van der Waals surface area contributed by atoms with Gasteiger partial charge in [-0.1, -0.05) is 12.1 Å². The number of aromatic nitrogens is 1. The molecule has 0 amide bonds. The van der Waals surface area contributed by atoms with Crippen molar-refractivity contribution >= 4 is 11.3 Å². The maximum absolute atomic E-state index is 12.8. The Kier molecular flexibility index (Phi) is 3.31. The summed E-state index contributed by atoms with van der Waals surface area (Å²) in [6.45, 7) is 2.55. The summed E-state index contributed by atoms with van der Waals surface area (Å²) in [7, 11) is 0. The number of benzene rings is 1. The summed E-state index contributed by atoms with van der Waals surface area (Å²) in [5.41, 5.74) is 7.57. The lowest BCUT2D eigenvalue weighted by molar-refractivity contribution is 0.628. The van der Waals surface area contributed by atoms with Crippen LogP contribution in [0.1, 0.15) is 10.7 Å². The third-order valence-corrected chi connectivity index (χ3v) is 3.35. The van der Waals surface area contributed by atoms with Gasteiger partial charge in [-0.05, 0) is 31.2 Å². The van der Waals surface area contributed by atoms with E-state index in [4.69, 9.17) is 5.73 Å². The molecule has 0 bridgehead atoms. The van der Waals surface area contributed by atoms with Crippen LogP contribution >= 0.6 is 11.3 Å². The third-order valence-electron chi connectivity index (χ3n) is 2.29. The molecule has 0 aliphatic carbocycles. The van der Waals surface area contributed by atoms with Gasteiger partial charge < -0.3 is 5.73 Å². The second-order valence-corrected chi connectivity index (χ2v) is 4.76. The molecule has 0 fully saturated rings. The van der Waals surface area contributed by atoms with Crippen LogP contribution < -0.4 is 5.73 Å². The predicted octanol–water partition coefficient (Wildman–Crippen LogP) is 2.76. The minimum Gasteiger partial charge on any atom is -0.330 e. The molecule has 1 aromatic heterocycles. The highest BCUT2D eigenvalue weighted by atomic mass is 32.1. The fraction of sp³-hybridized carbons (Fsp3) is 0.250. The summed E-state index contributed by atoms with van der Waals surface area (Å²) in [6.07, 6.45) is 0.761. The van der Waals surface area contributed by atoms with E-state index < -0.39 is 0 Å². The highest BCUT2D eigenvalue weighted by Gasteiger charge is 2.10. The first-order valence-corrected chi connectivity index (χ1v) is 5.94. The van der Waals surface area contributed by atoms with Gasteiger partial charge in [-0.15, -0.1) is 11.3 Å². The van der Waals surface area contributed by atoms with Gasteiger partial charge in [0.25, 0.3) is 0 Å². The molecule has 4 heteroatoms. The molecule has 0 unspecified atom stereocenters. The van der Waals surface area contributed by atoms with Crippen molar-refractivity contribution in [2.45, 2.75) is 13.3 Å². The van der Waals surface area contributed by atoms with Gasteiger partial charge in [0, 0.05) is 6.42 Å². The lowest BCUT2D eigenvalue weighted by Gasteiger charge is -2.00. The lowest BCUT2D eigenvalue weighted by atomic mass is 10.1. The molecule has 1 heterocycles. The molecular formula is C12H13FN2S. The van der Waals surface area contributed by atoms with Gasteiger partial charge in [0.1, 0.15) is 5.82 Å². The predicted molar refractivity (Wildman–Crippen MR) is 65.0 cm³/mol. The molecule has 2 rings (SSSR count). The van der Waals surface area contributed by atoms with Crippen LogP contribution in [0.15, 0.2) is 24.3 Å². The zero-order chi connectivity index (χ0) is 11.5. The number of thiazole rings is 1. The Morgan fingerprint density at radius 3 is 2.62 bits per heavy atom. The fourth-order valence-electron chi connectivity index (χ4n) is 1.60. The van der Waals surface area contributed by atoms with Gasteiger partial charge in [-0.3, -0.25) is 0 Å². The summed E-state index contributed by atoms with van der Waals surface area (Å²) in [4.78, 5) is 5.54. The molecule has 0 aliphatic rings. The molecule has 0 saturated carbocycles. The Labute approximate surface area is 97.9 Å². The van der Waals surface area contributed by atoms with Crippen molar-refractivity contribution in [2.24, 2.45) is 5.73 Å². The smallest absolute Gasteiger partial charge is 0.123 e. The van der Waals surface area contributed by atoms with Gasteiger partial charge in [0.15, 0.2) is 0 Å². The van der Waals surface area contributed by atoms with E-state index in [0.717, 1.165) is 27.6 Å². The minimum absolute atomic E-state index is 0.217. The van der Waals surface area contributed by atoms with E-state index in [9.17, 15) is 4.39 Å². The van der Waals surface area contributed by atoms with Gasteiger partial charge in [0.05, 0.1) is 15.6 Å². The molecular weight excluding hydrogens is 223 g/mol. The Bertz CT molecular complexity index is 476. The van der Waals surface area contributed by atoms with Crippen LogP contribution in [-0.2, 0) is 6.42 Å². The van der Waals surface area contributed by atoms with E-state index in [-0.39, 0.29) is 5.82 Å². The monoisotopic (exact) mass is 236 g/mol. The summed E-state index contributed by atoms with van der Waals surface area (Å²) in [5.74, 6) is -0.217. The van der Waals surface area contributed by atoms with E-state index in [1.807, 2.05) is 6.92 Å². The van der Waals surface area contributed by atoms with Crippen LogP contribution in [0.25, 0.3) is 10.4 Å². The summed E-state index contributed by atoms with van der Waals surface area (Å²) < 4.78 is 12.8. The number of hydrogen-bond acceptors (Lipinski definition) is 3. The topological polar surface area (TPSA) is 38.9 Å². The number of nitrogens with zero attached hydrogens (tertiary/aromatic N) is 1. The quantitative estimate of drug-likeness (QED) is 0.890. The molecule has 0 atom stereocenters. The van der Waals surface area contributed by atoms with Crippen LogP contribution in [0.2, 0.25) is 0 Å². The summed E-state index contributed by atoms with van der Waals surface area (Å²) >= 11 is 1.62. The molecule has 0 aliphatic heterocycles. The molecule has 0 spiro atoms. The zero-order valence-corrected chi connectivity index (χ0v) is 9.85. The van der Waals surface area contributed by atoms with Gasteiger partial charge in [0.2, 0.25) is 0 Å². The van der Waals surface area contributed by atoms with Crippen LogP contribution in [-0.4, -0.2) is 11.5 Å². The molecule has 2 N–H and O–H groups in total. The van der Waals surface area contributed by atoms with E-state index in [1.54, 1.807) is 23.5 Å². The van der Waals surface area contributed by atoms with E-state index in [0.29, 0.717) is 6.54 Å². The number of aryl methyl sites for hydroxylation is 1. The van der Waals surface area contributed by atoms with E-state index in [2.05, 4.69) is 4.98 Å². The Hall–Kier alpha value is -1.26. The number of rotatable bonds is 3. The first-order valence-electron chi connectivity index (χ1n) is 5.13. The largest absolute Gasteiger partial charge is 0.330 e. The fourth-order valence-corrected chi connectivity index (χ4v) is 2.57. The first-order chi connectivity index (χ1) is 7.70. The second kappa shape index (κ2) is 4.72. The average molecular weight is 236 g/mol. The molecule has 84 valence electrons. The molecule has 0 saturated heterocycles. The summed E-state index contributed by atoms with van der Waals surface area (Å²) in [6, 6.07) is 6.50. The van der Waals surface area contributed by atoms with E-state index >= 15 is 0 Å². The van der Waals surface area contributed by atoms with Gasteiger partial charge in [-0.25, -0.2) is 9.37 Å². The van der Waals surface area contributed by atoms with Crippen molar-refractivity contribution in [1.82, 2.24) is 4.98 Å².